The summed E-state index contributed by atoms with van der Waals surface area (Å²) in [4.78, 5) is 27.3. The van der Waals surface area contributed by atoms with E-state index >= 15 is 0 Å². The molecule has 0 saturated heterocycles. The van der Waals surface area contributed by atoms with Crippen molar-refractivity contribution in [1.29, 1.82) is 0 Å². The minimum Gasteiger partial charge on any atom is -0.503 e. The van der Waals surface area contributed by atoms with Crippen molar-refractivity contribution in [3.8, 4) is 0 Å². The van der Waals surface area contributed by atoms with E-state index in [0.717, 1.165) is 16.7 Å². The number of hydrogen-bond donors (Lipinski definition) is 2. The smallest absolute Gasteiger partial charge is 0.290 e. The maximum atomic E-state index is 13.1. The van der Waals surface area contributed by atoms with Crippen LogP contribution in [-0.2, 0) is 20.7 Å². The lowest BCUT2D eigenvalue weighted by molar-refractivity contribution is -0.130. The van der Waals surface area contributed by atoms with Crippen molar-refractivity contribution in [2.24, 2.45) is 0 Å². The molecule has 0 spiro atoms. The third kappa shape index (κ3) is 4.96. The number of rotatable bonds is 10. The van der Waals surface area contributed by atoms with Gasteiger partial charge in [0.15, 0.2) is 11.5 Å². The number of benzene rings is 2. The van der Waals surface area contributed by atoms with Crippen LogP contribution in [0, 0.1) is 6.92 Å². The van der Waals surface area contributed by atoms with Gasteiger partial charge < -0.3 is 19.8 Å². The summed E-state index contributed by atoms with van der Waals surface area (Å²) in [6, 6.07) is 16.6. The van der Waals surface area contributed by atoms with E-state index in [1.807, 2.05) is 61.5 Å². The van der Waals surface area contributed by atoms with Gasteiger partial charge in [0.2, 0.25) is 0 Å². The highest BCUT2D eigenvalue weighted by molar-refractivity contribution is 6.09. The van der Waals surface area contributed by atoms with Crippen molar-refractivity contribution in [3.05, 3.63) is 82.6 Å². The van der Waals surface area contributed by atoms with Gasteiger partial charge in [0.1, 0.15) is 0 Å². The van der Waals surface area contributed by atoms with E-state index in [0.29, 0.717) is 6.42 Å². The van der Waals surface area contributed by atoms with Crippen molar-refractivity contribution in [2.75, 3.05) is 26.4 Å². The quantitative estimate of drug-likeness (QED) is 0.589. The highest BCUT2D eigenvalue weighted by Gasteiger charge is 2.42. The molecule has 1 unspecified atom stereocenters. The molecule has 0 bridgehead atoms. The fourth-order valence-electron chi connectivity index (χ4n) is 3.63. The lowest BCUT2D eigenvalue weighted by Gasteiger charge is -2.27. The summed E-state index contributed by atoms with van der Waals surface area (Å²) in [5.74, 6) is -1.30. The average Bonchev–Trinajstić information content (AvgIpc) is 3.01. The van der Waals surface area contributed by atoms with Gasteiger partial charge in [-0.1, -0.05) is 60.2 Å². The Bertz CT molecular complexity index is 905. The number of ketones is 1. The van der Waals surface area contributed by atoms with Crippen LogP contribution < -0.4 is 0 Å². The van der Waals surface area contributed by atoms with Gasteiger partial charge >= 0.3 is 0 Å². The first-order valence-electron chi connectivity index (χ1n) is 10.1. The van der Waals surface area contributed by atoms with Gasteiger partial charge in [0, 0.05) is 13.0 Å². The summed E-state index contributed by atoms with van der Waals surface area (Å²) in [5.41, 5.74) is 2.99. The topological polar surface area (TPSA) is 87.1 Å². The van der Waals surface area contributed by atoms with E-state index in [9.17, 15) is 14.7 Å². The average molecular weight is 409 g/mol. The zero-order valence-corrected chi connectivity index (χ0v) is 17.1. The summed E-state index contributed by atoms with van der Waals surface area (Å²) in [6.07, 6.45) is 0.735. The number of aliphatic hydroxyl groups is 2. The van der Waals surface area contributed by atoms with Crippen LogP contribution in [0.15, 0.2) is 65.9 Å². The van der Waals surface area contributed by atoms with Crippen LogP contribution in [0.3, 0.4) is 0 Å². The van der Waals surface area contributed by atoms with Crippen molar-refractivity contribution < 1.29 is 24.5 Å². The molecule has 1 aliphatic heterocycles. The van der Waals surface area contributed by atoms with Crippen molar-refractivity contribution >= 4 is 11.7 Å². The summed E-state index contributed by atoms with van der Waals surface area (Å²) >= 11 is 0. The Morgan fingerprint density at radius 3 is 2.43 bits per heavy atom. The molecule has 2 aromatic carbocycles. The molecule has 6 heteroatoms. The zero-order valence-electron chi connectivity index (χ0n) is 17.1. The van der Waals surface area contributed by atoms with Crippen LogP contribution in [0.5, 0.6) is 0 Å². The Kier molecular flexibility index (Phi) is 7.38. The standard InChI is InChI=1S/C24H27NO5/c1-17-7-10-19(11-8-17)22-21(20(27)12-9-18-5-3-2-4-6-18)23(28)24(29)25(22)13-15-30-16-14-26/h2-8,10-11,22,26,28H,9,12-16H2,1H3. The third-order valence-corrected chi connectivity index (χ3v) is 5.19. The summed E-state index contributed by atoms with van der Waals surface area (Å²) in [6.45, 7) is 2.43. The minimum atomic E-state index is -0.654. The summed E-state index contributed by atoms with van der Waals surface area (Å²) in [7, 11) is 0. The number of Topliss-reactive ketones (excluding diaryl/α,β-unsaturated/α-hetero) is 1. The van der Waals surface area contributed by atoms with Crippen molar-refractivity contribution in [1.82, 2.24) is 4.90 Å². The monoisotopic (exact) mass is 409 g/mol. The second-order valence-electron chi connectivity index (χ2n) is 7.32. The zero-order chi connectivity index (χ0) is 21.5. The molecule has 1 heterocycles. The Morgan fingerprint density at radius 2 is 1.77 bits per heavy atom. The van der Waals surface area contributed by atoms with Crippen LogP contribution in [0.2, 0.25) is 0 Å². The van der Waals surface area contributed by atoms with E-state index in [1.165, 1.54) is 4.90 Å². The molecular weight excluding hydrogens is 382 g/mol. The molecular formula is C24H27NO5. The highest BCUT2D eigenvalue weighted by atomic mass is 16.5. The lowest BCUT2D eigenvalue weighted by atomic mass is 9.93. The minimum absolute atomic E-state index is 0.109. The Labute approximate surface area is 176 Å². The highest BCUT2D eigenvalue weighted by Crippen LogP contribution is 2.38. The number of aliphatic hydroxyl groups excluding tert-OH is 2. The largest absolute Gasteiger partial charge is 0.503 e. The lowest BCUT2D eigenvalue weighted by Crippen LogP contribution is -2.34. The number of carbonyl (C=O) groups is 2. The molecule has 1 aliphatic rings. The molecule has 3 rings (SSSR count). The number of nitrogens with zero attached hydrogens (tertiary/aromatic N) is 1. The van der Waals surface area contributed by atoms with Gasteiger partial charge in [0.05, 0.1) is 31.4 Å². The van der Waals surface area contributed by atoms with Crippen LogP contribution in [0.1, 0.15) is 29.2 Å². The normalized spacial score (nSPS) is 16.4. The van der Waals surface area contributed by atoms with Gasteiger partial charge in [-0.2, -0.15) is 0 Å². The number of amides is 1. The molecule has 6 nitrogen and oxygen atoms in total. The molecule has 2 N–H and O–H groups in total. The third-order valence-electron chi connectivity index (χ3n) is 5.19. The van der Waals surface area contributed by atoms with E-state index in [2.05, 4.69) is 0 Å². The number of aryl methyl sites for hydroxylation is 2. The van der Waals surface area contributed by atoms with Crippen LogP contribution in [-0.4, -0.2) is 53.2 Å². The van der Waals surface area contributed by atoms with E-state index in [1.54, 1.807) is 0 Å². The van der Waals surface area contributed by atoms with Crippen molar-refractivity contribution in [2.45, 2.75) is 25.8 Å². The predicted octanol–water partition coefficient (Wildman–Crippen LogP) is 2.90. The van der Waals surface area contributed by atoms with Gasteiger partial charge in [-0.05, 0) is 24.5 Å². The fraction of sp³-hybridized carbons (Fsp3) is 0.333. The Hall–Kier alpha value is -2.96. The SMILES string of the molecule is Cc1ccc(C2C(C(=O)CCc3ccccc3)=C(O)C(=O)N2CCOCCO)cc1. The van der Waals surface area contributed by atoms with Crippen LogP contribution in [0.4, 0.5) is 0 Å². The molecule has 30 heavy (non-hydrogen) atoms. The molecule has 0 aromatic heterocycles. The first-order valence-corrected chi connectivity index (χ1v) is 10.1. The first kappa shape index (κ1) is 21.7. The molecule has 158 valence electrons. The van der Waals surface area contributed by atoms with Gasteiger partial charge in [-0.3, -0.25) is 9.59 Å². The number of carbonyl (C=O) groups excluding carboxylic acids is 2. The fourth-order valence-corrected chi connectivity index (χ4v) is 3.63. The molecule has 2 aromatic rings. The summed E-state index contributed by atoms with van der Waals surface area (Å²) in [5, 5.41) is 19.4. The molecule has 0 fully saturated rings. The van der Waals surface area contributed by atoms with Crippen LogP contribution in [0.25, 0.3) is 0 Å². The Balaban J connectivity index is 1.84. The Morgan fingerprint density at radius 1 is 1.07 bits per heavy atom. The molecule has 0 saturated carbocycles. The molecule has 1 amide bonds. The summed E-state index contributed by atoms with van der Waals surface area (Å²) < 4.78 is 5.30. The van der Waals surface area contributed by atoms with E-state index < -0.39 is 17.7 Å². The predicted molar refractivity (Wildman–Crippen MR) is 113 cm³/mol. The molecule has 1 atom stereocenters. The van der Waals surface area contributed by atoms with Gasteiger partial charge in [-0.15, -0.1) is 0 Å². The molecule has 0 aliphatic carbocycles. The van der Waals surface area contributed by atoms with E-state index in [4.69, 9.17) is 9.84 Å². The second kappa shape index (κ2) is 10.2. The number of hydrogen-bond acceptors (Lipinski definition) is 5. The molecule has 0 radical (unpaired) electrons. The maximum Gasteiger partial charge on any atom is 0.290 e. The van der Waals surface area contributed by atoms with E-state index in [-0.39, 0.29) is 44.1 Å². The van der Waals surface area contributed by atoms with Crippen LogP contribution >= 0.6 is 0 Å². The van der Waals surface area contributed by atoms with Gasteiger partial charge in [0.25, 0.3) is 5.91 Å². The van der Waals surface area contributed by atoms with Gasteiger partial charge in [-0.25, -0.2) is 0 Å². The number of ether oxygens (including phenoxy) is 1. The first-order chi connectivity index (χ1) is 14.5. The second-order valence-corrected chi connectivity index (χ2v) is 7.32. The van der Waals surface area contributed by atoms with Crippen molar-refractivity contribution in [3.63, 3.8) is 0 Å². The maximum absolute atomic E-state index is 13.1.